The Morgan fingerprint density at radius 3 is 2.56 bits per heavy atom. The minimum Gasteiger partial charge on any atom is -0.446 e. The van der Waals surface area contributed by atoms with Crippen LogP contribution in [0.2, 0.25) is 0 Å². The van der Waals surface area contributed by atoms with Crippen molar-refractivity contribution in [3.63, 3.8) is 0 Å². The maximum Gasteiger partial charge on any atom is 0.408 e. The monoisotopic (exact) mass is 347 g/mol. The maximum absolute atomic E-state index is 12.1. The lowest BCUT2D eigenvalue weighted by Crippen LogP contribution is -2.36. The molecule has 1 aromatic heterocycles. The van der Waals surface area contributed by atoms with E-state index in [9.17, 15) is 9.59 Å². The van der Waals surface area contributed by atoms with Crippen LogP contribution in [0, 0.1) is 0 Å². The molecule has 0 radical (unpaired) electrons. The van der Waals surface area contributed by atoms with Gasteiger partial charge in [-0.05, 0) is 26.3 Å². The lowest BCUT2D eigenvalue weighted by Gasteiger charge is -2.22. The van der Waals surface area contributed by atoms with Crippen LogP contribution in [0.1, 0.15) is 48.8 Å². The predicted molar refractivity (Wildman–Crippen MR) is 88.0 cm³/mol. The lowest BCUT2D eigenvalue weighted by atomic mass is 10.1. The van der Waals surface area contributed by atoms with Crippen LogP contribution in [0.25, 0.3) is 0 Å². The van der Waals surface area contributed by atoms with Crippen molar-refractivity contribution in [3.05, 3.63) is 53.7 Å². The third-order valence-corrected chi connectivity index (χ3v) is 3.13. The molecule has 0 aliphatic carbocycles. The SMILES string of the molecule is CC(C)(C)OC(=O)N[C@@H](Cc1ccccc1)c1nc(C(=O)NO)co1. The Hall–Kier alpha value is -2.87. The number of rotatable bonds is 5. The summed E-state index contributed by atoms with van der Waals surface area (Å²) in [6.45, 7) is 5.27. The molecule has 0 saturated carbocycles. The molecule has 2 rings (SSSR count). The van der Waals surface area contributed by atoms with Gasteiger partial charge in [0.15, 0.2) is 5.69 Å². The molecular formula is C17H21N3O5. The molecule has 8 heteroatoms. The third kappa shape index (κ3) is 5.61. The molecule has 25 heavy (non-hydrogen) atoms. The Kier molecular flexibility index (Phi) is 5.76. The van der Waals surface area contributed by atoms with E-state index in [1.807, 2.05) is 30.3 Å². The molecule has 0 saturated heterocycles. The number of oxazole rings is 1. The molecule has 0 fully saturated rings. The zero-order chi connectivity index (χ0) is 18.4. The Labute approximate surface area is 145 Å². The number of nitrogens with one attached hydrogen (secondary N) is 2. The van der Waals surface area contributed by atoms with Gasteiger partial charge in [-0.2, -0.15) is 0 Å². The number of ether oxygens (including phenoxy) is 1. The number of aromatic nitrogens is 1. The number of hydroxylamine groups is 1. The van der Waals surface area contributed by atoms with Gasteiger partial charge in [-0.3, -0.25) is 10.0 Å². The van der Waals surface area contributed by atoms with Crippen LogP contribution in [0.15, 0.2) is 41.0 Å². The highest BCUT2D eigenvalue weighted by atomic mass is 16.6. The molecule has 1 heterocycles. The minimum absolute atomic E-state index is 0.0958. The largest absolute Gasteiger partial charge is 0.446 e. The molecule has 0 unspecified atom stereocenters. The molecule has 0 aliphatic heterocycles. The van der Waals surface area contributed by atoms with Crippen molar-refractivity contribution in [2.75, 3.05) is 0 Å². The summed E-state index contributed by atoms with van der Waals surface area (Å²) in [6, 6.07) is 8.79. The molecule has 2 aromatic rings. The van der Waals surface area contributed by atoms with Gasteiger partial charge in [0.25, 0.3) is 5.91 Å². The standard InChI is InChI=1S/C17H21N3O5/c1-17(2,3)25-16(22)19-12(9-11-7-5-4-6-8-11)15-18-13(10-24-15)14(21)20-23/h4-8,10,12,23H,9H2,1-3H3,(H,19,22)(H,20,21)/t12-/m0/s1. The molecule has 134 valence electrons. The van der Waals surface area contributed by atoms with E-state index < -0.39 is 23.6 Å². The van der Waals surface area contributed by atoms with Crippen molar-refractivity contribution < 1.29 is 24.0 Å². The normalized spacial score (nSPS) is 12.3. The van der Waals surface area contributed by atoms with Gasteiger partial charge in [0, 0.05) is 6.42 Å². The van der Waals surface area contributed by atoms with Crippen LogP contribution in [0.3, 0.4) is 0 Å². The molecule has 0 aliphatic rings. The molecule has 0 spiro atoms. The summed E-state index contributed by atoms with van der Waals surface area (Å²) in [4.78, 5) is 27.5. The van der Waals surface area contributed by atoms with E-state index in [1.165, 1.54) is 5.48 Å². The van der Waals surface area contributed by atoms with E-state index in [4.69, 9.17) is 14.4 Å². The topological polar surface area (TPSA) is 114 Å². The van der Waals surface area contributed by atoms with Crippen molar-refractivity contribution in [1.29, 1.82) is 0 Å². The first kappa shape index (κ1) is 18.5. The number of hydrogen-bond acceptors (Lipinski definition) is 6. The van der Waals surface area contributed by atoms with Crippen molar-refractivity contribution in [3.8, 4) is 0 Å². The number of carbonyl (C=O) groups excluding carboxylic acids is 2. The minimum atomic E-state index is -0.800. The van der Waals surface area contributed by atoms with Crippen LogP contribution in [0.5, 0.6) is 0 Å². The van der Waals surface area contributed by atoms with Crippen molar-refractivity contribution >= 4 is 12.0 Å². The smallest absolute Gasteiger partial charge is 0.408 e. The van der Waals surface area contributed by atoms with Gasteiger partial charge in [-0.25, -0.2) is 15.3 Å². The molecular weight excluding hydrogens is 326 g/mol. The Morgan fingerprint density at radius 1 is 1.28 bits per heavy atom. The highest BCUT2D eigenvalue weighted by molar-refractivity contribution is 5.90. The molecule has 0 bridgehead atoms. The van der Waals surface area contributed by atoms with Gasteiger partial charge in [0.2, 0.25) is 5.89 Å². The van der Waals surface area contributed by atoms with Gasteiger partial charge < -0.3 is 14.5 Å². The Balaban J connectivity index is 2.21. The summed E-state index contributed by atoms with van der Waals surface area (Å²) >= 11 is 0. The Morgan fingerprint density at radius 2 is 1.96 bits per heavy atom. The van der Waals surface area contributed by atoms with Crippen LogP contribution in [-0.4, -0.2) is 27.8 Å². The van der Waals surface area contributed by atoms with E-state index in [2.05, 4.69) is 10.3 Å². The van der Waals surface area contributed by atoms with Gasteiger partial charge in [0.05, 0.1) is 0 Å². The average Bonchev–Trinajstić information content (AvgIpc) is 3.02. The van der Waals surface area contributed by atoms with E-state index in [-0.39, 0.29) is 11.6 Å². The first-order chi connectivity index (χ1) is 11.8. The predicted octanol–water partition coefficient (Wildman–Crippen LogP) is 2.60. The average molecular weight is 347 g/mol. The van der Waals surface area contributed by atoms with Gasteiger partial charge >= 0.3 is 6.09 Å². The molecule has 1 atom stereocenters. The second-order valence-electron chi connectivity index (χ2n) is 6.40. The second-order valence-corrected chi connectivity index (χ2v) is 6.40. The van der Waals surface area contributed by atoms with Crippen molar-refractivity contribution in [1.82, 2.24) is 15.8 Å². The molecule has 3 N–H and O–H groups in total. The summed E-state index contributed by atoms with van der Waals surface area (Å²) in [7, 11) is 0. The quantitative estimate of drug-likeness (QED) is 0.566. The molecule has 2 amide bonds. The summed E-state index contributed by atoms with van der Waals surface area (Å²) in [5.74, 6) is -0.668. The highest BCUT2D eigenvalue weighted by Gasteiger charge is 2.25. The number of carbonyl (C=O) groups is 2. The zero-order valence-corrected chi connectivity index (χ0v) is 14.3. The van der Waals surface area contributed by atoms with Crippen molar-refractivity contribution in [2.24, 2.45) is 0 Å². The van der Waals surface area contributed by atoms with Crippen LogP contribution < -0.4 is 10.8 Å². The van der Waals surface area contributed by atoms with E-state index in [0.717, 1.165) is 11.8 Å². The van der Waals surface area contributed by atoms with Gasteiger partial charge in [0.1, 0.15) is 17.9 Å². The van der Waals surface area contributed by atoms with Crippen molar-refractivity contribution in [2.45, 2.75) is 38.8 Å². The fraction of sp³-hybridized carbons (Fsp3) is 0.353. The number of nitrogens with zero attached hydrogens (tertiary/aromatic N) is 1. The van der Waals surface area contributed by atoms with Gasteiger partial charge in [-0.15, -0.1) is 0 Å². The Bertz CT molecular complexity index is 721. The first-order valence-corrected chi connectivity index (χ1v) is 7.72. The van der Waals surface area contributed by atoms with E-state index in [1.54, 1.807) is 20.8 Å². The fourth-order valence-electron chi connectivity index (χ4n) is 2.11. The fourth-order valence-corrected chi connectivity index (χ4v) is 2.11. The van der Waals surface area contributed by atoms with Crippen LogP contribution >= 0.6 is 0 Å². The number of benzene rings is 1. The second kappa shape index (κ2) is 7.80. The molecule has 1 aromatic carbocycles. The van der Waals surface area contributed by atoms with E-state index >= 15 is 0 Å². The summed E-state index contributed by atoms with van der Waals surface area (Å²) < 4.78 is 10.6. The molecule has 8 nitrogen and oxygen atoms in total. The number of amides is 2. The van der Waals surface area contributed by atoms with Gasteiger partial charge in [-0.1, -0.05) is 30.3 Å². The van der Waals surface area contributed by atoms with E-state index in [0.29, 0.717) is 6.42 Å². The summed E-state index contributed by atoms with van der Waals surface area (Å²) in [6.07, 6.45) is 0.871. The third-order valence-electron chi connectivity index (χ3n) is 3.13. The van der Waals surface area contributed by atoms with Crippen LogP contribution in [0.4, 0.5) is 4.79 Å². The lowest BCUT2D eigenvalue weighted by molar-refractivity contribution is 0.0495. The summed E-state index contributed by atoms with van der Waals surface area (Å²) in [5.41, 5.74) is 1.67. The zero-order valence-electron chi connectivity index (χ0n) is 14.3. The summed E-state index contributed by atoms with van der Waals surface area (Å²) in [5, 5.41) is 11.4. The van der Waals surface area contributed by atoms with Crippen LogP contribution in [-0.2, 0) is 11.2 Å². The number of hydrogen-bond donors (Lipinski definition) is 3. The maximum atomic E-state index is 12.1. The number of alkyl carbamates (subject to hydrolysis) is 1. The highest BCUT2D eigenvalue weighted by Crippen LogP contribution is 2.19. The first-order valence-electron chi connectivity index (χ1n) is 7.72.